The van der Waals surface area contributed by atoms with Crippen LogP contribution in [0.4, 0.5) is 0 Å². The Labute approximate surface area is 345 Å². The number of aromatic nitrogens is 3. The van der Waals surface area contributed by atoms with Crippen LogP contribution in [0.25, 0.3) is 95.2 Å². The summed E-state index contributed by atoms with van der Waals surface area (Å²) in [6.07, 6.45) is 0. The van der Waals surface area contributed by atoms with Crippen molar-refractivity contribution in [2.45, 2.75) is 0 Å². The Kier molecular flexibility index (Phi) is 9.59. The molecule has 0 unspecified atom stereocenters. The van der Waals surface area contributed by atoms with E-state index in [1.807, 2.05) is 36.4 Å². The van der Waals surface area contributed by atoms with E-state index >= 15 is 0 Å². The van der Waals surface area contributed by atoms with E-state index in [0.29, 0.717) is 0 Å². The summed E-state index contributed by atoms with van der Waals surface area (Å²) in [5.41, 5.74) is 17.0. The first-order valence-electron chi connectivity index (χ1n) is 20.0. The summed E-state index contributed by atoms with van der Waals surface area (Å²) in [4.78, 5) is 0. The van der Waals surface area contributed by atoms with Crippen LogP contribution in [0.1, 0.15) is 0 Å². The summed E-state index contributed by atoms with van der Waals surface area (Å²) >= 11 is 0. The van der Waals surface area contributed by atoms with E-state index in [0.717, 1.165) is 45.2 Å². The standard InChI is InChI=1S/C56H39N3/c1-7-21-40(22-8-1)50-39-51(53(42-25-11-3-12-26-42)54(43-27-13-4-14-28-43)52(50)41-23-9-2-10-24-41)48-35-19-33-46(37-48)47-34-20-36-49(38-47)59-55(44-29-15-5-16-30-44)57-58-56(59)45-31-17-6-18-32-45/h1-39H. The monoisotopic (exact) mass is 753 g/mol. The van der Waals surface area contributed by atoms with Crippen molar-refractivity contribution in [3.8, 4) is 95.2 Å². The Hall–Kier alpha value is -7.88. The predicted octanol–water partition coefficient (Wildman–Crippen LogP) is 14.6. The molecule has 0 spiro atoms. The molecule has 0 aliphatic rings. The Morgan fingerprint density at radius 1 is 0.237 bits per heavy atom. The fourth-order valence-electron chi connectivity index (χ4n) is 8.23. The molecule has 0 radical (unpaired) electrons. The highest BCUT2D eigenvalue weighted by Crippen LogP contribution is 2.50. The van der Waals surface area contributed by atoms with Crippen LogP contribution in [-0.2, 0) is 0 Å². The molecule has 0 N–H and O–H groups in total. The summed E-state index contributed by atoms with van der Waals surface area (Å²) in [6.45, 7) is 0. The van der Waals surface area contributed by atoms with Gasteiger partial charge in [0.15, 0.2) is 11.6 Å². The van der Waals surface area contributed by atoms with Gasteiger partial charge in [-0.2, -0.15) is 0 Å². The van der Waals surface area contributed by atoms with Gasteiger partial charge in [-0.25, -0.2) is 0 Å². The quantitative estimate of drug-likeness (QED) is 0.147. The highest BCUT2D eigenvalue weighted by Gasteiger charge is 2.24. The van der Waals surface area contributed by atoms with E-state index in [9.17, 15) is 0 Å². The number of hydrogen-bond donors (Lipinski definition) is 0. The maximum atomic E-state index is 4.74. The van der Waals surface area contributed by atoms with Gasteiger partial charge in [-0.05, 0) is 91.0 Å². The molecule has 59 heavy (non-hydrogen) atoms. The van der Waals surface area contributed by atoms with E-state index in [-0.39, 0.29) is 0 Å². The predicted molar refractivity (Wildman–Crippen MR) is 245 cm³/mol. The van der Waals surface area contributed by atoms with Crippen LogP contribution in [0.5, 0.6) is 0 Å². The molecule has 0 aliphatic carbocycles. The fraction of sp³-hybridized carbons (Fsp3) is 0. The Morgan fingerprint density at radius 2 is 0.576 bits per heavy atom. The molecule has 0 saturated carbocycles. The topological polar surface area (TPSA) is 30.7 Å². The third-order valence-electron chi connectivity index (χ3n) is 10.9. The van der Waals surface area contributed by atoms with Crippen molar-refractivity contribution in [1.29, 1.82) is 0 Å². The number of benzene rings is 9. The second kappa shape index (κ2) is 15.9. The van der Waals surface area contributed by atoms with Crippen molar-refractivity contribution in [2.24, 2.45) is 0 Å². The molecule has 0 saturated heterocycles. The zero-order valence-corrected chi connectivity index (χ0v) is 32.4. The molecule has 0 bridgehead atoms. The molecule has 278 valence electrons. The lowest BCUT2D eigenvalue weighted by atomic mass is 9.78. The molecule has 1 aromatic heterocycles. The van der Waals surface area contributed by atoms with Crippen molar-refractivity contribution in [1.82, 2.24) is 14.8 Å². The zero-order chi connectivity index (χ0) is 39.4. The van der Waals surface area contributed by atoms with Gasteiger partial charge in [0.2, 0.25) is 0 Å². The van der Waals surface area contributed by atoms with Gasteiger partial charge in [0.25, 0.3) is 0 Å². The van der Waals surface area contributed by atoms with Crippen molar-refractivity contribution >= 4 is 0 Å². The molecule has 3 nitrogen and oxygen atoms in total. The van der Waals surface area contributed by atoms with Gasteiger partial charge in [-0.15, -0.1) is 10.2 Å². The lowest BCUT2D eigenvalue weighted by molar-refractivity contribution is 1.07. The average molecular weight is 754 g/mol. The summed E-state index contributed by atoms with van der Waals surface area (Å²) in [7, 11) is 0. The first kappa shape index (κ1) is 35.5. The van der Waals surface area contributed by atoms with Gasteiger partial charge >= 0.3 is 0 Å². The van der Waals surface area contributed by atoms with E-state index < -0.39 is 0 Å². The van der Waals surface area contributed by atoms with E-state index in [4.69, 9.17) is 10.2 Å². The molecule has 10 rings (SSSR count). The SMILES string of the molecule is c1ccc(-c2cc(-c3cccc(-c4cccc(-n5c(-c6ccccc6)nnc5-c5ccccc5)c4)c3)c(-c3ccccc3)c(-c3ccccc3)c2-c2ccccc2)cc1. The lowest BCUT2D eigenvalue weighted by Crippen LogP contribution is -2.01. The van der Waals surface area contributed by atoms with Crippen LogP contribution in [0.3, 0.4) is 0 Å². The van der Waals surface area contributed by atoms with Gasteiger partial charge < -0.3 is 0 Å². The molecular weight excluding hydrogens is 715 g/mol. The Bertz CT molecular complexity index is 2940. The molecule has 0 fully saturated rings. The summed E-state index contributed by atoms with van der Waals surface area (Å²) in [5, 5.41) is 9.48. The Morgan fingerprint density at radius 3 is 1.05 bits per heavy atom. The smallest absolute Gasteiger partial charge is 0.168 e. The van der Waals surface area contributed by atoms with Gasteiger partial charge in [-0.1, -0.05) is 212 Å². The largest absolute Gasteiger partial charge is 0.275 e. The summed E-state index contributed by atoms with van der Waals surface area (Å²) < 4.78 is 2.17. The van der Waals surface area contributed by atoms with Gasteiger partial charge in [-0.3, -0.25) is 4.57 Å². The van der Waals surface area contributed by atoms with Crippen LogP contribution in [0.15, 0.2) is 237 Å². The molecular formula is C56H39N3. The fourth-order valence-corrected chi connectivity index (χ4v) is 8.23. The van der Waals surface area contributed by atoms with Gasteiger partial charge in [0.05, 0.1) is 0 Å². The minimum absolute atomic E-state index is 0.795. The van der Waals surface area contributed by atoms with Crippen molar-refractivity contribution < 1.29 is 0 Å². The highest BCUT2D eigenvalue weighted by atomic mass is 15.3. The van der Waals surface area contributed by atoms with Gasteiger partial charge in [0, 0.05) is 16.8 Å². The van der Waals surface area contributed by atoms with E-state index in [1.165, 1.54) is 50.1 Å². The molecule has 10 aromatic rings. The van der Waals surface area contributed by atoms with E-state index in [2.05, 4.69) is 205 Å². The van der Waals surface area contributed by atoms with Crippen LogP contribution >= 0.6 is 0 Å². The molecule has 9 aromatic carbocycles. The van der Waals surface area contributed by atoms with Crippen molar-refractivity contribution in [3.63, 3.8) is 0 Å². The van der Waals surface area contributed by atoms with Crippen LogP contribution < -0.4 is 0 Å². The van der Waals surface area contributed by atoms with Crippen molar-refractivity contribution in [3.05, 3.63) is 237 Å². The normalized spacial score (nSPS) is 11.1. The Balaban J connectivity index is 1.20. The third kappa shape index (κ3) is 6.96. The number of hydrogen-bond acceptors (Lipinski definition) is 2. The average Bonchev–Trinajstić information content (AvgIpc) is 3.78. The highest BCUT2D eigenvalue weighted by molar-refractivity contribution is 6.07. The molecule has 3 heteroatoms. The van der Waals surface area contributed by atoms with Crippen LogP contribution in [-0.4, -0.2) is 14.8 Å². The number of rotatable bonds is 9. The van der Waals surface area contributed by atoms with Crippen LogP contribution in [0, 0.1) is 0 Å². The maximum Gasteiger partial charge on any atom is 0.168 e. The lowest BCUT2D eigenvalue weighted by Gasteiger charge is -2.24. The third-order valence-corrected chi connectivity index (χ3v) is 10.9. The van der Waals surface area contributed by atoms with Crippen LogP contribution in [0.2, 0.25) is 0 Å². The minimum Gasteiger partial charge on any atom is -0.275 e. The number of nitrogens with zero attached hydrogens (tertiary/aromatic N) is 3. The first-order chi connectivity index (χ1) is 29.3. The second-order valence-corrected chi connectivity index (χ2v) is 14.6. The van der Waals surface area contributed by atoms with E-state index in [1.54, 1.807) is 0 Å². The minimum atomic E-state index is 0.795. The summed E-state index contributed by atoms with van der Waals surface area (Å²) in [6, 6.07) is 84.1. The second-order valence-electron chi connectivity index (χ2n) is 14.6. The molecule has 1 heterocycles. The molecule has 0 aliphatic heterocycles. The first-order valence-corrected chi connectivity index (χ1v) is 20.0. The maximum absolute atomic E-state index is 4.74. The molecule has 0 amide bonds. The van der Waals surface area contributed by atoms with Gasteiger partial charge in [0.1, 0.15) is 0 Å². The molecule has 0 atom stereocenters. The zero-order valence-electron chi connectivity index (χ0n) is 32.4. The summed E-state index contributed by atoms with van der Waals surface area (Å²) in [5.74, 6) is 1.59. The van der Waals surface area contributed by atoms with Crippen molar-refractivity contribution in [2.75, 3.05) is 0 Å².